The number of hydrogen-bond acceptors (Lipinski definition) is 3. The topological polar surface area (TPSA) is 57.6 Å². The number of aliphatic hydroxyl groups excluding tert-OH is 1. The Balaban J connectivity index is 2.28. The quantitative estimate of drug-likeness (QED) is 0.762. The minimum Gasteiger partial charge on any atom is -0.394 e. The molecule has 2 amide bonds. The molecule has 102 valence electrons. The van der Waals surface area contributed by atoms with E-state index in [1.54, 1.807) is 0 Å². The van der Waals surface area contributed by atoms with Gasteiger partial charge in [-0.1, -0.05) is 20.8 Å². The van der Waals surface area contributed by atoms with Crippen LogP contribution < -0.4 is 0 Å². The Morgan fingerprint density at radius 3 is 2.22 bits per heavy atom. The van der Waals surface area contributed by atoms with Gasteiger partial charge in [-0.15, -0.1) is 0 Å². The van der Waals surface area contributed by atoms with Crippen molar-refractivity contribution in [1.82, 2.24) is 4.90 Å². The molecule has 0 spiro atoms. The van der Waals surface area contributed by atoms with Gasteiger partial charge in [-0.2, -0.15) is 0 Å². The molecule has 0 atom stereocenters. The smallest absolute Gasteiger partial charge is 0.235 e. The molecule has 4 nitrogen and oxygen atoms in total. The summed E-state index contributed by atoms with van der Waals surface area (Å²) in [6, 6.07) is 0. The lowest BCUT2D eigenvalue weighted by molar-refractivity contribution is -0.152. The normalized spacial score (nSPS) is 36.2. The van der Waals surface area contributed by atoms with Crippen LogP contribution in [0.2, 0.25) is 0 Å². The van der Waals surface area contributed by atoms with E-state index in [2.05, 4.69) is 6.92 Å². The van der Waals surface area contributed by atoms with Crippen molar-refractivity contribution < 1.29 is 14.7 Å². The van der Waals surface area contributed by atoms with Crippen molar-refractivity contribution in [3.63, 3.8) is 0 Å². The minimum absolute atomic E-state index is 0.104. The monoisotopic (exact) mass is 253 g/mol. The number of imide groups is 1. The van der Waals surface area contributed by atoms with Gasteiger partial charge in [-0.3, -0.25) is 14.5 Å². The summed E-state index contributed by atoms with van der Waals surface area (Å²) >= 11 is 0. The van der Waals surface area contributed by atoms with E-state index in [1.807, 2.05) is 13.8 Å². The zero-order chi connectivity index (χ0) is 13.6. The van der Waals surface area contributed by atoms with Gasteiger partial charge in [-0.25, -0.2) is 0 Å². The van der Waals surface area contributed by atoms with Crippen LogP contribution in [0.5, 0.6) is 0 Å². The van der Waals surface area contributed by atoms with Crippen LogP contribution in [0.4, 0.5) is 0 Å². The molecule has 1 aliphatic heterocycles. The van der Waals surface area contributed by atoms with Crippen molar-refractivity contribution in [3.05, 3.63) is 0 Å². The maximum absolute atomic E-state index is 12.4. The number of likely N-dealkylation sites (tertiary alicyclic amines) is 1. The number of carbonyl (C=O) groups excluding carboxylic acids is 2. The molecule has 0 radical (unpaired) electrons. The van der Waals surface area contributed by atoms with Gasteiger partial charge in [0.25, 0.3) is 0 Å². The third-order valence-electron chi connectivity index (χ3n) is 4.60. The highest BCUT2D eigenvalue weighted by molar-refractivity contribution is 6.06. The number of carbonyl (C=O) groups is 2. The predicted octanol–water partition coefficient (Wildman–Crippen LogP) is 1.71. The molecule has 1 saturated heterocycles. The van der Waals surface area contributed by atoms with Gasteiger partial charge in [0.1, 0.15) is 0 Å². The van der Waals surface area contributed by atoms with E-state index in [9.17, 15) is 14.7 Å². The van der Waals surface area contributed by atoms with E-state index in [4.69, 9.17) is 0 Å². The van der Waals surface area contributed by atoms with Crippen LogP contribution in [0.15, 0.2) is 0 Å². The first-order valence-electron chi connectivity index (χ1n) is 6.81. The van der Waals surface area contributed by atoms with Gasteiger partial charge in [0.15, 0.2) is 0 Å². The van der Waals surface area contributed by atoms with Crippen LogP contribution in [0.1, 0.15) is 52.9 Å². The van der Waals surface area contributed by atoms with E-state index in [-0.39, 0.29) is 24.8 Å². The van der Waals surface area contributed by atoms with Crippen molar-refractivity contribution in [2.45, 2.75) is 58.4 Å². The Morgan fingerprint density at radius 2 is 1.83 bits per heavy atom. The number of aliphatic hydroxyl groups is 1. The Hall–Kier alpha value is -0.900. The SMILES string of the molecule is CC1CCC(CO)(N2C(=O)CC(C)(C)C2=O)CC1. The highest BCUT2D eigenvalue weighted by Crippen LogP contribution is 2.43. The first kappa shape index (κ1) is 13.5. The summed E-state index contributed by atoms with van der Waals surface area (Å²) in [6.07, 6.45) is 3.68. The molecule has 2 rings (SSSR count). The van der Waals surface area contributed by atoms with E-state index in [0.717, 1.165) is 25.7 Å². The van der Waals surface area contributed by atoms with E-state index in [1.165, 1.54) is 4.90 Å². The predicted molar refractivity (Wildman–Crippen MR) is 67.7 cm³/mol. The van der Waals surface area contributed by atoms with Gasteiger partial charge >= 0.3 is 0 Å². The second-order valence-corrected chi connectivity index (χ2v) is 6.66. The van der Waals surface area contributed by atoms with Crippen LogP contribution in [0.3, 0.4) is 0 Å². The maximum Gasteiger partial charge on any atom is 0.235 e. The van der Waals surface area contributed by atoms with Crippen molar-refractivity contribution in [3.8, 4) is 0 Å². The first-order valence-corrected chi connectivity index (χ1v) is 6.81. The van der Waals surface area contributed by atoms with E-state index < -0.39 is 11.0 Å². The summed E-state index contributed by atoms with van der Waals surface area (Å²) in [7, 11) is 0. The molecule has 2 aliphatic rings. The second kappa shape index (κ2) is 4.34. The lowest BCUT2D eigenvalue weighted by atomic mass is 9.76. The molecule has 4 heteroatoms. The number of hydrogen-bond donors (Lipinski definition) is 1. The summed E-state index contributed by atoms with van der Waals surface area (Å²) in [4.78, 5) is 25.9. The van der Waals surface area contributed by atoms with Gasteiger partial charge in [0, 0.05) is 6.42 Å². The average Bonchev–Trinajstić information content (AvgIpc) is 2.51. The molecule has 0 aromatic rings. The minimum atomic E-state index is -0.631. The standard InChI is InChI=1S/C14H23NO3/c1-10-4-6-14(9-16,7-5-10)15-11(17)8-13(2,3)12(15)18/h10,16H,4-9H2,1-3H3. The maximum atomic E-state index is 12.4. The van der Waals surface area contributed by atoms with Crippen LogP contribution >= 0.6 is 0 Å². The van der Waals surface area contributed by atoms with Crippen molar-refractivity contribution in [1.29, 1.82) is 0 Å². The fourth-order valence-corrected chi connectivity index (χ4v) is 3.18. The Labute approximate surface area is 108 Å². The zero-order valence-electron chi connectivity index (χ0n) is 11.5. The number of nitrogens with zero attached hydrogens (tertiary/aromatic N) is 1. The first-order chi connectivity index (χ1) is 8.32. The average molecular weight is 253 g/mol. The van der Waals surface area contributed by atoms with Crippen LogP contribution in [-0.2, 0) is 9.59 Å². The fourth-order valence-electron chi connectivity index (χ4n) is 3.18. The molecule has 1 N–H and O–H groups in total. The Morgan fingerprint density at radius 1 is 1.28 bits per heavy atom. The molecule has 1 aliphatic carbocycles. The largest absolute Gasteiger partial charge is 0.394 e. The third-order valence-corrected chi connectivity index (χ3v) is 4.60. The molecule has 1 saturated carbocycles. The van der Waals surface area contributed by atoms with E-state index in [0.29, 0.717) is 5.92 Å². The van der Waals surface area contributed by atoms with Gasteiger partial charge < -0.3 is 5.11 Å². The van der Waals surface area contributed by atoms with E-state index >= 15 is 0 Å². The van der Waals surface area contributed by atoms with Crippen molar-refractivity contribution in [2.24, 2.45) is 11.3 Å². The fraction of sp³-hybridized carbons (Fsp3) is 0.857. The molecule has 1 heterocycles. The second-order valence-electron chi connectivity index (χ2n) is 6.66. The summed E-state index contributed by atoms with van der Waals surface area (Å²) in [5.41, 5.74) is -1.24. The molecular formula is C14H23NO3. The molecule has 0 unspecified atom stereocenters. The van der Waals surface area contributed by atoms with Crippen molar-refractivity contribution >= 4 is 11.8 Å². The van der Waals surface area contributed by atoms with Gasteiger partial charge in [-0.05, 0) is 31.6 Å². The molecular weight excluding hydrogens is 230 g/mol. The summed E-state index contributed by atoms with van der Waals surface area (Å²) in [6.45, 7) is 5.69. The summed E-state index contributed by atoms with van der Waals surface area (Å²) in [5, 5.41) is 9.75. The molecule has 18 heavy (non-hydrogen) atoms. The molecule has 0 bridgehead atoms. The molecule has 0 aromatic heterocycles. The Bertz CT molecular complexity index is 367. The van der Waals surface area contributed by atoms with Crippen LogP contribution in [-0.4, -0.2) is 34.0 Å². The highest BCUT2D eigenvalue weighted by atomic mass is 16.3. The summed E-state index contributed by atoms with van der Waals surface area (Å²) in [5.74, 6) is 0.384. The molecule has 2 fully saturated rings. The molecule has 0 aromatic carbocycles. The third kappa shape index (κ3) is 1.96. The van der Waals surface area contributed by atoms with Crippen LogP contribution in [0, 0.1) is 11.3 Å². The highest BCUT2D eigenvalue weighted by Gasteiger charge is 2.54. The lowest BCUT2D eigenvalue weighted by Crippen LogP contribution is -2.56. The van der Waals surface area contributed by atoms with Gasteiger partial charge in [0.05, 0.1) is 17.6 Å². The number of amides is 2. The van der Waals surface area contributed by atoms with Crippen molar-refractivity contribution in [2.75, 3.05) is 6.61 Å². The number of rotatable bonds is 2. The van der Waals surface area contributed by atoms with Gasteiger partial charge in [0.2, 0.25) is 11.8 Å². The summed E-state index contributed by atoms with van der Waals surface area (Å²) < 4.78 is 0. The Kier molecular flexibility index (Phi) is 3.26. The zero-order valence-corrected chi connectivity index (χ0v) is 11.5. The lowest BCUT2D eigenvalue weighted by Gasteiger charge is -2.44. The van der Waals surface area contributed by atoms with Crippen LogP contribution in [0.25, 0.3) is 0 Å².